The molecule has 0 amide bonds. The van der Waals surface area contributed by atoms with Gasteiger partial charge in [0, 0.05) is 18.0 Å². The molecule has 0 radical (unpaired) electrons. The van der Waals surface area contributed by atoms with Gasteiger partial charge in [-0.3, -0.25) is 4.79 Å². The fourth-order valence-electron chi connectivity index (χ4n) is 1.90. The minimum absolute atomic E-state index is 0.211. The minimum Gasteiger partial charge on any atom is -0.481 e. The summed E-state index contributed by atoms with van der Waals surface area (Å²) in [4.78, 5) is 15.3. The van der Waals surface area contributed by atoms with Crippen LogP contribution in [0.3, 0.4) is 0 Å². The van der Waals surface area contributed by atoms with E-state index in [1.165, 1.54) is 7.11 Å². The van der Waals surface area contributed by atoms with Crippen molar-refractivity contribution in [2.75, 3.05) is 25.6 Å². The highest BCUT2D eigenvalue weighted by Crippen LogP contribution is 2.31. The van der Waals surface area contributed by atoms with E-state index in [2.05, 4.69) is 10.3 Å². The number of carboxylic acids is 1. The number of hydrogen-bond acceptors (Lipinski definition) is 5. The highest BCUT2D eigenvalue weighted by molar-refractivity contribution is 5.76. The molecule has 0 spiro atoms. The van der Waals surface area contributed by atoms with Crippen molar-refractivity contribution in [1.29, 1.82) is 0 Å². The van der Waals surface area contributed by atoms with E-state index in [0.717, 1.165) is 5.69 Å². The summed E-state index contributed by atoms with van der Waals surface area (Å²) >= 11 is 0. The van der Waals surface area contributed by atoms with E-state index >= 15 is 0 Å². The lowest BCUT2D eigenvalue weighted by atomic mass is 9.85. The smallest absolute Gasteiger partial charge is 0.313 e. The standard InChI is InChI=1S/C12H16N2O4/c1-12(11(15)16)7-18-6-9(12)14-8-3-4-13-10(5-8)17-2/h3-5,9H,6-7H2,1-2H3,(H,13,14)(H,15,16). The second-order valence-electron chi connectivity index (χ2n) is 4.52. The van der Waals surface area contributed by atoms with E-state index in [1.807, 2.05) is 0 Å². The SMILES string of the molecule is COc1cc(NC2COCC2(C)C(=O)O)ccn1. The second-order valence-corrected chi connectivity index (χ2v) is 4.52. The number of nitrogens with zero attached hydrogens (tertiary/aromatic N) is 1. The molecule has 1 aliphatic heterocycles. The number of ether oxygens (including phenoxy) is 2. The normalized spacial score (nSPS) is 26.9. The van der Waals surface area contributed by atoms with Crippen molar-refractivity contribution in [2.45, 2.75) is 13.0 Å². The van der Waals surface area contributed by atoms with E-state index in [1.54, 1.807) is 25.3 Å². The highest BCUT2D eigenvalue weighted by Gasteiger charge is 2.46. The number of carboxylic acid groups (broad SMARTS) is 1. The second kappa shape index (κ2) is 4.81. The van der Waals surface area contributed by atoms with Gasteiger partial charge in [0.2, 0.25) is 5.88 Å². The Morgan fingerprint density at radius 3 is 3.17 bits per heavy atom. The molecule has 1 fully saturated rings. The lowest BCUT2D eigenvalue weighted by Gasteiger charge is -2.26. The zero-order valence-electron chi connectivity index (χ0n) is 10.3. The lowest BCUT2D eigenvalue weighted by molar-refractivity contribution is -0.148. The van der Waals surface area contributed by atoms with Crippen LogP contribution < -0.4 is 10.1 Å². The number of methoxy groups -OCH3 is 1. The van der Waals surface area contributed by atoms with Crippen LogP contribution in [0.2, 0.25) is 0 Å². The molecule has 18 heavy (non-hydrogen) atoms. The van der Waals surface area contributed by atoms with Gasteiger partial charge in [0.05, 0.1) is 26.4 Å². The number of aliphatic carboxylic acids is 1. The van der Waals surface area contributed by atoms with Crippen LogP contribution in [-0.2, 0) is 9.53 Å². The molecule has 2 rings (SSSR count). The van der Waals surface area contributed by atoms with E-state index in [4.69, 9.17) is 9.47 Å². The number of rotatable bonds is 4. The summed E-state index contributed by atoms with van der Waals surface area (Å²) in [5, 5.41) is 12.4. The van der Waals surface area contributed by atoms with Gasteiger partial charge < -0.3 is 19.9 Å². The third-order valence-electron chi connectivity index (χ3n) is 3.23. The Kier molecular flexibility index (Phi) is 3.38. The molecule has 98 valence electrons. The quantitative estimate of drug-likeness (QED) is 0.831. The summed E-state index contributed by atoms with van der Waals surface area (Å²) in [7, 11) is 1.53. The summed E-state index contributed by atoms with van der Waals surface area (Å²) in [6.07, 6.45) is 1.61. The average molecular weight is 252 g/mol. The molecular weight excluding hydrogens is 236 g/mol. The lowest BCUT2D eigenvalue weighted by Crippen LogP contribution is -2.43. The first kappa shape index (κ1) is 12.6. The molecule has 1 saturated heterocycles. The zero-order valence-corrected chi connectivity index (χ0v) is 10.3. The maximum absolute atomic E-state index is 11.3. The Labute approximate surface area is 105 Å². The van der Waals surface area contributed by atoms with Crippen LogP contribution in [0.15, 0.2) is 18.3 Å². The van der Waals surface area contributed by atoms with Crippen molar-refractivity contribution in [3.8, 4) is 5.88 Å². The fourth-order valence-corrected chi connectivity index (χ4v) is 1.90. The highest BCUT2D eigenvalue weighted by atomic mass is 16.5. The number of anilines is 1. The van der Waals surface area contributed by atoms with Gasteiger partial charge in [0.25, 0.3) is 0 Å². The maximum Gasteiger partial charge on any atom is 0.313 e. The van der Waals surface area contributed by atoms with Crippen molar-refractivity contribution in [2.24, 2.45) is 5.41 Å². The molecule has 1 aromatic rings. The van der Waals surface area contributed by atoms with E-state index in [0.29, 0.717) is 12.5 Å². The van der Waals surface area contributed by atoms with Gasteiger partial charge in [-0.1, -0.05) is 0 Å². The third kappa shape index (κ3) is 2.24. The van der Waals surface area contributed by atoms with E-state index in [9.17, 15) is 9.90 Å². The molecule has 1 aliphatic rings. The number of aromatic nitrogens is 1. The Balaban J connectivity index is 2.15. The van der Waals surface area contributed by atoms with Gasteiger partial charge in [0.1, 0.15) is 5.41 Å². The molecule has 0 bridgehead atoms. The predicted molar refractivity (Wildman–Crippen MR) is 64.8 cm³/mol. The molecule has 2 heterocycles. The number of nitrogens with one attached hydrogen (secondary N) is 1. The first-order valence-electron chi connectivity index (χ1n) is 5.64. The van der Waals surface area contributed by atoms with Gasteiger partial charge in [0.15, 0.2) is 0 Å². The number of pyridine rings is 1. The van der Waals surface area contributed by atoms with Crippen LogP contribution >= 0.6 is 0 Å². The maximum atomic E-state index is 11.3. The fraction of sp³-hybridized carbons (Fsp3) is 0.500. The number of carbonyl (C=O) groups is 1. The minimum atomic E-state index is -0.920. The van der Waals surface area contributed by atoms with E-state index in [-0.39, 0.29) is 12.6 Å². The predicted octanol–water partition coefficient (Wildman–Crippen LogP) is 0.992. The largest absolute Gasteiger partial charge is 0.481 e. The molecule has 0 aromatic carbocycles. The Hall–Kier alpha value is -1.82. The van der Waals surface area contributed by atoms with Gasteiger partial charge in [-0.25, -0.2) is 4.98 Å². The molecule has 1 aromatic heterocycles. The van der Waals surface area contributed by atoms with Crippen molar-refractivity contribution >= 4 is 11.7 Å². The molecule has 6 heteroatoms. The van der Waals surface area contributed by atoms with Crippen LogP contribution in [0, 0.1) is 5.41 Å². The van der Waals surface area contributed by atoms with Crippen LogP contribution in [0.4, 0.5) is 5.69 Å². The average Bonchev–Trinajstić information content (AvgIpc) is 2.73. The zero-order chi connectivity index (χ0) is 13.2. The van der Waals surface area contributed by atoms with Gasteiger partial charge in [-0.2, -0.15) is 0 Å². The van der Waals surface area contributed by atoms with E-state index < -0.39 is 11.4 Å². The summed E-state index contributed by atoms with van der Waals surface area (Å²) in [6.45, 7) is 2.26. The summed E-state index contributed by atoms with van der Waals surface area (Å²) in [6, 6.07) is 3.21. The monoisotopic (exact) mass is 252 g/mol. The molecule has 6 nitrogen and oxygen atoms in total. The number of hydrogen-bond donors (Lipinski definition) is 2. The van der Waals surface area contributed by atoms with Crippen LogP contribution in [0.25, 0.3) is 0 Å². The van der Waals surface area contributed by atoms with Crippen molar-refractivity contribution in [3.05, 3.63) is 18.3 Å². The third-order valence-corrected chi connectivity index (χ3v) is 3.23. The van der Waals surface area contributed by atoms with Gasteiger partial charge in [-0.05, 0) is 13.0 Å². The molecule has 2 N–H and O–H groups in total. The van der Waals surface area contributed by atoms with Crippen LogP contribution in [-0.4, -0.2) is 42.4 Å². The van der Waals surface area contributed by atoms with Crippen molar-refractivity contribution in [1.82, 2.24) is 4.98 Å². The summed E-state index contributed by atoms with van der Waals surface area (Å²) in [5.74, 6) is -0.380. The molecule has 0 saturated carbocycles. The topological polar surface area (TPSA) is 80.7 Å². The Morgan fingerprint density at radius 2 is 2.50 bits per heavy atom. The Bertz CT molecular complexity index is 451. The van der Waals surface area contributed by atoms with Gasteiger partial charge in [-0.15, -0.1) is 0 Å². The first-order valence-corrected chi connectivity index (χ1v) is 5.64. The molecule has 2 atom stereocenters. The van der Waals surface area contributed by atoms with Crippen LogP contribution in [0.5, 0.6) is 5.88 Å². The van der Waals surface area contributed by atoms with Crippen molar-refractivity contribution < 1.29 is 19.4 Å². The Morgan fingerprint density at radius 1 is 1.72 bits per heavy atom. The van der Waals surface area contributed by atoms with Gasteiger partial charge >= 0.3 is 5.97 Å². The van der Waals surface area contributed by atoms with Crippen molar-refractivity contribution in [3.63, 3.8) is 0 Å². The molecule has 2 unspecified atom stereocenters. The van der Waals surface area contributed by atoms with Crippen LogP contribution in [0.1, 0.15) is 6.92 Å². The summed E-state index contributed by atoms with van der Waals surface area (Å²) < 4.78 is 10.3. The summed E-state index contributed by atoms with van der Waals surface area (Å²) in [5.41, 5.74) is -0.152. The first-order chi connectivity index (χ1) is 8.56. The molecule has 0 aliphatic carbocycles. The molecular formula is C12H16N2O4.